The Hall–Kier alpha value is -1.56. The second-order valence-electron chi connectivity index (χ2n) is 4.97. The Kier molecular flexibility index (Phi) is 4.42. The van der Waals surface area contributed by atoms with E-state index in [0.29, 0.717) is 23.9 Å². The number of esters is 1. The highest BCUT2D eigenvalue weighted by Gasteiger charge is 2.26. The second kappa shape index (κ2) is 6.06. The normalized spacial score (nSPS) is 23.3. The van der Waals surface area contributed by atoms with Gasteiger partial charge in [-0.1, -0.05) is 0 Å². The molecule has 1 aromatic rings. The first-order chi connectivity index (χ1) is 9.17. The number of aliphatic hydroxyl groups excluding tert-OH is 1. The lowest BCUT2D eigenvalue weighted by molar-refractivity contribution is 0.0527. The first-order valence-electron chi connectivity index (χ1n) is 6.78. The smallest absolute Gasteiger partial charge is 0.343 e. The molecule has 1 fully saturated rings. The van der Waals surface area contributed by atoms with E-state index in [1.54, 1.807) is 11.6 Å². The van der Waals surface area contributed by atoms with E-state index in [9.17, 15) is 4.79 Å². The number of nitrogen functional groups attached to an aromatic ring is 1. The van der Waals surface area contributed by atoms with Crippen LogP contribution in [0.5, 0.6) is 0 Å². The molecular formula is C13H21N3O3. The van der Waals surface area contributed by atoms with Crippen LogP contribution in [0.2, 0.25) is 0 Å². The van der Waals surface area contributed by atoms with Gasteiger partial charge in [0.25, 0.3) is 0 Å². The number of anilines is 1. The van der Waals surface area contributed by atoms with Gasteiger partial charge in [0.1, 0.15) is 11.4 Å². The zero-order valence-corrected chi connectivity index (χ0v) is 11.2. The molecule has 0 saturated heterocycles. The standard InChI is InChI=1S/C13H21N3O3/c1-2-19-13(18)11-7-15-16(12(11)14)10-5-3-9(8-17)4-6-10/h7,9-10,17H,2-6,8,14H2,1H3. The van der Waals surface area contributed by atoms with Gasteiger partial charge in [0.15, 0.2) is 0 Å². The molecule has 0 amide bonds. The molecule has 1 heterocycles. The third-order valence-electron chi connectivity index (χ3n) is 3.75. The molecule has 19 heavy (non-hydrogen) atoms. The number of nitrogens with two attached hydrogens (primary N) is 1. The quantitative estimate of drug-likeness (QED) is 0.804. The summed E-state index contributed by atoms with van der Waals surface area (Å²) in [6, 6.07) is 0.214. The van der Waals surface area contributed by atoms with Crippen LogP contribution in [0.3, 0.4) is 0 Å². The number of hydrogen-bond acceptors (Lipinski definition) is 5. The van der Waals surface area contributed by atoms with Gasteiger partial charge in [0.05, 0.1) is 18.8 Å². The molecule has 0 spiro atoms. The van der Waals surface area contributed by atoms with Gasteiger partial charge in [-0.25, -0.2) is 9.48 Å². The summed E-state index contributed by atoms with van der Waals surface area (Å²) in [5.74, 6) is 0.346. The topological polar surface area (TPSA) is 90.4 Å². The third kappa shape index (κ3) is 2.89. The SMILES string of the molecule is CCOC(=O)c1cnn(C2CCC(CO)CC2)c1N. The molecule has 0 radical (unpaired) electrons. The summed E-state index contributed by atoms with van der Waals surface area (Å²) in [4.78, 5) is 11.7. The number of ether oxygens (including phenoxy) is 1. The van der Waals surface area contributed by atoms with Gasteiger partial charge in [-0.2, -0.15) is 5.10 Å². The van der Waals surface area contributed by atoms with Crippen LogP contribution in [0.25, 0.3) is 0 Å². The Labute approximate surface area is 112 Å². The molecule has 3 N–H and O–H groups in total. The summed E-state index contributed by atoms with van der Waals surface area (Å²) in [7, 11) is 0. The maximum atomic E-state index is 11.7. The number of nitrogens with zero attached hydrogens (tertiary/aromatic N) is 2. The van der Waals surface area contributed by atoms with Crippen LogP contribution >= 0.6 is 0 Å². The zero-order chi connectivity index (χ0) is 13.8. The van der Waals surface area contributed by atoms with Gasteiger partial charge >= 0.3 is 5.97 Å². The molecule has 0 atom stereocenters. The molecule has 106 valence electrons. The minimum atomic E-state index is -0.421. The monoisotopic (exact) mass is 267 g/mol. The number of carbonyl (C=O) groups is 1. The van der Waals surface area contributed by atoms with E-state index >= 15 is 0 Å². The summed E-state index contributed by atoms with van der Waals surface area (Å²) in [5.41, 5.74) is 6.32. The van der Waals surface area contributed by atoms with E-state index in [-0.39, 0.29) is 12.6 Å². The predicted molar refractivity (Wildman–Crippen MR) is 70.7 cm³/mol. The van der Waals surface area contributed by atoms with Gasteiger partial charge in [-0.15, -0.1) is 0 Å². The molecule has 1 aromatic heterocycles. The van der Waals surface area contributed by atoms with E-state index < -0.39 is 5.97 Å². The molecule has 6 nitrogen and oxygen atoms in total. The van der Waals surface area contributed by atoms with Crippen molar-refractivity contribution in [3.05, 3.63) is 11.8 Å². The van der Waals surface area contributed by atoms with Crippen molar-refractivity contribution >= 4 is 11.8 Å². The van der Waals surface area contributed by atoms with E-state index in [1.807, 2.05) is 0 Å². The van der Waals surface area contributed by atoms with E-state index in [1.165, 1.54) is 6.20 Å². The van der Waals surface area contributed by atoms with Crippen molar-refractivity contribution in [2.24, 2.45) is 5.92 Å². The number of hydrogen-bond donors (Lipinski definition) is 2. The van der Waals surface area contributed by atoms with Crippen molar-refractivity contribution in [2.75, 3.05) is 18.9 Å². The molecular weight excluding hydrogens is 246 g/mol. The van der Waals surface area contributed by atoms with Crippen LogP contribution < -0.4 is 5.73 Å². The van der Waals surface area contributed by atoms with Crippen LogP contribution in [-0.4, -0.2) is 34.1 Å². The summed E-state index contributed by atoms with van der Waals surface area (Å²) in [5, 5.41) is 13.4. The second-order valence-corrected chi connectivity index (χ2v) is 4.97. The number of carbonyl (C=O) groups excluding carboxylic acids is 1. The van der Waals surface area contributed by atoms with Gasteiger partial charge < -0.3 is 15.6 Å². The van der Waals surface area contributed by atoms with Crippen molar-refractivity contribution in [3.63, 3.8) is 0 Å². The van der Waals surface area contributed by atoms with Crippen molar-refractivity contribution in [3.8, 4) is 0 Å². The lowest BCUT2D eigenvalue weighted by Gasteiger charge is -2.28. The largest absolute Gasteiger partial charge is 0.462 e. The van der Waals surface area contributed by atoms with Crippen molar-refractivity contribution in [1.29, 1.82) is 0 Å². The Morgan fingerprint density at radius 3 is 2.79 bits per heavy atom. The van der Waals surface area contributed by atoms with Crippen molar-refractivity contribution in [2.45, 2.75) is 38.6 Å². The van der Waals surface area contributed by atoms with Crippen LogP contribution in [0, 0.1) is 5.92 Å². The highest BCUT2D eigenvalue weighted by molar-refractivity contribution is 5.93. The lowest BCUT2D eigenvalue weighted by atomic mass is 9.86. The van der Waals surface area contributed by atoms with Crippen LogP contribution in [-0.2, 0) is 4.74 Å². The fourth-order valence-electron chi connectivity index (χ4n) is 2.60. The highest BCUT2D eigenvalue weighted by atomic mass is 16.5. The molecule has 0 bridgehead atoms. The number of aromatic nitrogens is 2. The Bertz CT molecular complexity index is 436. The first-order valence-corrected chi connectivity index (χ1v) is 6.78. The summed E-state index contributed by atoms with van der Waals surface area (Å²) in [6.45, 7) is 2.33. The Morgan fingerprint density at radius 1 is 1.53 bits per heavy atom. The first kappa shape index (κ1) is 13.9. The van der Waals surface area contributed by atoms with Crippen molar-refractivity contribution < 1.29 is 14.6 Å². The fraction of sp³-hybridized carbons (Fsp3) is 0.692. The average Bonchev–Trinajstić information content (AvgIpc) is 2.81. The molecule has 0 aromatic carbocycles. The van der Waals surface area contributed by atoms with Crippen LogP contribution in [0.15, 0.2) is 6.20 Å². The molecule has 0 unspecified atom stereocenters. The highest BCUT2D eigenvalue weighted by Crippen LogP contribution is 2.33. The molecule has 6 heteroatoms. The van der Waals surface area contributed by atoms with Gasteiger partial charge in [0, 0.05) is 6.61 Å². The van der Waals surface area contributed by atoms with Crippen LogP contribution in [0.1, 0.15) is 49.0 Å². The van der Waals surface area contributed by atoms with E-state index in [2.05, 4.69) is 5.10 Å². The summed E-state index contributed by atoms with van der Waals surface area (Å²) < 4.78 is 6.66. The summed E-state index contributed by atoms with van der Waals surface area (Å²) >= 11 is 0. The van der Waals surface area contributed by atoms with Gasteiger partial charge in [0.2, 0.25) is 0 Å². The number of rotatable bonds is 4. The minimum absolute atomic E-state index is 0.214. The maximum absolute atomic E-state index is 11.7. The molecule has 1 saturated carbocycles. The Balaban J connectivity index is 2.08. The van der Waals surface area contributed by atoms with Gasteiger partial charge in [-0.05, 0) is 38.5 Å². The minimum Gasteiger partial charge on any atom is -0.462 e. The maximum Gasteiger partial charge on any atom is 0.343 e. The Morgan fingerprint density at radius 2 is 2.21 bits per heavy atom. The van der Waals surface area contributed by atoms with Crippen molar-refractivity contribution in [1.82, 2.24) is 9.78 Å². The molecule has 1 aliphatic rings. The number of aliphatic hydroxyl groups is 1. The average molecular weight is 267 g/mol. The summed E-state index contributed by atoms with van der Waals surface area (Å²) in [6.07, 6.45) is 5.27. The van der Waals surface area contributed by atoms with E-state index in [0.717, 1.165) is 25.7 Å². The van der Waals surface area contributed by atoms with E-state index in [4.69, 9.17) is 15.6 Å². The zero-order valence-electron chi connectivity index (χ0n) is 11.2. The molecule has 0 aliphatic heterocycles. The molecule has 2 rings (SSSR count). The van der Waals surface area contributed by atoms with Crippen LogP contribution in [0.4, 0.5) is 5.82 Å². The van der Waals surface area contributed by atoms with Gasteiger partial charge in [-0.3, -0.25) is 0 Å². The predicted octanol–water partition coefficient (Wildman–Crippen LogP) is 1.37. The lowest BCUT2D eigenvalue weighted by Crippen LogP contribution is -2.22. The fourth-order valence-corrected chi connectivity index (χ4v) is 2.60. The molecule has 1 aliphatic carbocycles. The third-order valence-corrected chi connectivity index (χ3v) is 3.75.